The van der Waals surface area contributed by atoms with E-state index in [1.807, 2.05) is 60.7 Å². The van der Waals surface area contributed by atoms with Crippen LogP contribution < -0.4 is 5.32 Å². The molecule has 1 amide bonds. The maximum absolute atomic E-state index is 13.0. The van der Waals surface area contributed by atoms with Gasteiger partial charge in [-0.3, -0.25) is 4.79 Å². The molecule has 0 heterocycles. The molecule has 126 valence electrons. The standard InChI is InChI=1S/C22H21NO2/c1-2-17-13-15-20(16-14-17)23-21(24)22(25,18-9-5-3-6-10-18)19-11-7-4-8-12-19/h3-16,25H,2H2,1H3,(H,23,24). The topological polar surface area (TPSA) is 49.3 Å². The van der Waals surface area contributed by atoms with Crippen LogP contribution in [0.15, 0.2) is 84.9 Å². The highest BCUT2D eigenvalue weighted by Gasteiger charge is 2.39. The van der Waals surface area contributed by atoms with Gasteiger partial charge in [0.05, 0.1) is 0 Å². The third kappa shape index (κ3) is 3.47. The van der Waals surface area contributed by atoms with Crippen LogP contribution in [0.25, 0.3) is 0 Å². The second kappa shape index (κ2) is 7.32. The Hall–Kier alpha value is -2.91. The van der Waals surface area contributed by atoms with Crippen LogP contribution in [0.5, 0.6) is 0 Å². The van der Waals surface area contributed by atoms with Crippen molar-refractivity contribution in [1.29, 1.82) is 0 Å². The lowest BCUT2D eigenvalue weighted by Crippen LogP contribution is -2.41. The number of carbonyl (C=O) groups is 1. The van der Waals surface area contributed by atoms with Gasteiger partial charge in [-0.05, 0) is 35.2 Å². The number of nitrogens with one attached hydrogen (secondary N) is 1. The molecule has 3 aromatic carbocycles. The highest BCUT2D eigenvalue weighted by atomic mass is 16.3. The van der Waals surface area contributed by atoms with Gasteiger partial charge < -0.3 is 10.4 Å². The lowest BCUT2D eigenvalue weighted by molar-refractivity contribution is -0.131. The summed E-state index contributed by atoms with van der Waals surface area (Å²) in [5.41, 5.74) is 1.16. The molecule has 0 spiro atoms. The monoisotopic (exact) mass is 331 g/mol. The van der Waals surface area contributed by atoms with Crippen molar-refractivity contribution in [3.05, 3.63) is 102 Å². The molecule has 0 aromatic heterocycles. The van der Waals surface area contributed by atoms with E-state index in [9.17, 15) is 9.90 Å². The molecular weight excluding hydrogens is 310 g/mol. The van der Waals surface area contributed by atoms with Crippen LogP contribution in [-0.2, 0) is 16.8 Å². The van der Waals surface area contributed by atoms with Gasteiger partial charge in [0, 0.05) is 5.69 Å². The molecule has 2 N–H and O–H groups in total. The zero-order valence-electron chi connectivity index (χ0n) is 14.1. The first-order valence-electron chi connectivity index (χ1n) is 8.38. The van der Waals surface area contributed by atoms with Crippen molar-refractivity contribution in [2.45, 2.75) is 18.9 Å². The Morgan fingerprint density at radius 3 is 1.76 bits per heavy atom. The van der Waals surface area contributed by atoms with Gasteiger partial charge in [0.25, 0.3) is 5.91 Å². The summed E-state index contributed by atoms with van der Waals surface area (Å²) in [6, 6.07) is 25.6. The van der Waals surface area contributed by atoms with Crippen LogP contribution in [0.1, 0.15) is 23.6 Å². The van der Waals surface area contributed by atoms with Crippen molar-refractivity contribution >= 4 is 11.6 Å². The smallest absolute Gasteiger partial charge is 0.265 e. The predicted octanol–water partition coefficient (Wildman–Crippen LogP) is 4.12. The number of aryl methyl sites for hydroxylation is 1. The average molecular weight is 331 g/mol. The molecular formula is C22H21NO2. The molecule has 0 atom stereocenters. The Kier molecular flexibility index (Phi) is 4.96. The Morgan fingerprint density at radius 1 is 0.840 bits per heavy atom. The number of amides is 1. The van der Waals surface area contributed by atoms with Gasteiger partial charge in [-0.15, -0.1) is 0 Å². The zero-order valence-corrected chi connectivity index (χ0v) is 14.1. The van der Waals surface area contributed by atoms with E-state index < -0.39 is 11.5 Å². The summed E-state index contributed by atoms with van der Waals surface area (Å²) >= 11 is 0. The second-order valence-electron chi connectivity index (χ2n) is 5.95. The molecule has 0 aliphatic rings. The Bertz CT molecular complexity index is 787. The van der Waals surface area contributed by atoms with E-state index in [1.165, 1.54) is 5.56 Å². The first-order valence-corrected chi connectivity index (χ1v) is 8.38. The van der Waals surface area contributed by atoms with Crippen molar-refractivity contribution < 1.29 is 9.90 Å². The van der Waals surface area contributed by atoms with E-state index in [0.29, 0.717) is 16.8 Å². The van der Waals surface area contributed by atoms with Gasteiger partial charge in [0.2, 0.25) is 0 Å². The number of anilines is 1. The van der Waals surface area contributed by atoms with E-state index in [1.54, 1.807) is 24.3 Å². The van der Waals surface area contributed by atoms with Crippen molar-refractivity contribution in [1.82, 2.24) is 0 Å². The second-order valence-corrected chi connectivity index (χ2v) is 5.95. The molecule has 0 fully saturated rings. The summed E-state index contributed by atoms with van der Waals surface area (Å²) in [5, 5.41) is 14.2. The number of rotatable bonds is 5. The SMILES string of the molecule is CCc1ccc(NC(=O)C(O)(c2ccccc2)c2ccccc2)cc1. The van der Waals surface area contributed by atoms with Crippen molar-refractivity contribution in [3.63, 3.8) is 0 Å². The summed E-state index contributed by atoms with van der Waals surface area (Å²) in [6.45, 7) is 2.08. The molecule has 0 aliphatic heterocycles. The molecule has 0 bridgehead atoms. The predicted molar refractivity (Wildman–Crippen MR) is 100 cm³/mol. The normalized spacial score (nSPS) is 11.1. The van der Waals surface area contributed by atoms with Gasteiger partial charge in [-0.25, -0.2) is 0 Å². The van der Waals surface area contributed by atoms with Crippen molar-refractivity contribution in [2.75, 3.05) is 5.32 Å². The molecule has 3 nitrogen and oxygen atoms in total. The number of hydrogen-bond donors (Lipinski definition) is 2. The quantitative estimate of drug-likeness (QED) is 0.739. The number of benzene rings is 3. The maximum Gasteiger partial charge on any atom is 0.265 e. The molecule has 25 heavy (non-hydrogen) atoms. The molecule has 0 saturated carbocycles. The molecule has 0 unspecified atom stereocenters. The highest BCUT2D eigenvalue weighted by Crippen LogP contribution is 2.31. The minimum atomic E-state index is -1.76. The lowest BCUT2D eigenvalue weighted by atomic mass is 9.85. The summed E-state index contributed by atoms with van der Waals surface area (Å²) < 4.78 is 0. The maximum atomic E-state index is 13.0. The Labute approximate surface area is 148 Å². The van der Waals surface area contributed by atoms with E-state index in [4.69, 9.17) is 0 Å². The van der Waals surface area contributed by atoms with Gasteiger partial charge in [0.15, 0.2) is 5.60 Å². The van der Waals surface area contributed by atoms with E-state index in [-0.39, 0.29) is 0 Å². The minimum Gasteiger partial charge on any atom is -0.372 e. The lowest BCUT2D eigenvalue weighted by Gasteiger charge is -2.28. The first kappa shape index (κ1) is 16.9. The first-order chi connectivity index (χ1) is 12.1. The summed E-state index contributed by atoms with van der Waals surface area (Å²) in [6.07, 6.45) is 0.937. The fraction of sp³-hybridized carbons (Fsp3) is 0.136. The molecule has 3 rings (SSSR count). The van der Waals surface area contributed by atoms with Crippen LogP contribution in [0, 0.1) is 0 Å². The largest absolute Gasteiger partial charge is 0.372 e. The minimum absolute atomic E-state index is 0.478. The third-order valence-corrected chi connectivity index (χ3v) is 4.33. The fourth-order valence-electron chi connectivity index (χ4n) is 2.83. The van der Waals surface area contributed by atoms with Crippen LogP contribution in [0.4, 0.5) is 5.69 Å². The third-order valence-electron chi connectivity index (χ3n) is 4.33. The molecule has 0 radical (unpaired) electrons. The average Bonchev–Trinajstić information content (AvgIpc) is 2.69. The number of hydrogen-bond acceptors (Lipinski definition) is 2. The van der Waals surface area contributed by atoms with Gasteiger partial charge >= 0.3 is 0 Å². The van der Waals surface area contributed by atoms with E-state index >= 15 is 0 Å². The van der Waals surface area contributed by atoms with Gasteiger partial charge in [-0.1, -0.05) is 79.7 Å². The fourth-order valence-corrected chi connectivity index (χ4v) is 2.83. The van der Waals surface area contributed by atoms with Crippen LogP contribution >= 0.6 is 0 Å². The highest BCUT2D eigenvalue weighted by molar-refractivity contribution is 6.00. The van der Waals surface area contributed by atoms with Crippen molar-refractivity contribution in [3.8, 4) is 0 Å². The van der Waals surface area contributed by atoms with Crippen LogP contribution in [0.2, 0.25) is 0 Å². The Morgan fingerprint density at radius 2 is 1.32 bits per heavy atom. The zero-order chi connectivity index (χ0) is 17.7. The van der Waals surface area contributed by atoms with Gasteiger partial charge in [0.1, 0.15) is 0 Å². The summed E-state index contributed by atoms with van der Waals surface area (Å²) in [7, 11) is 0. The van der Waals surface area contributed by atoms with Crippen LogP contribution in [0.3, 0.4) is 0 Å². The summed E-state index contributed by atoms with van der Waals surface area (Å²) in [5.74, 6) is -0.478. The molecule has 0 saturated heterocycles. The molecule has 3 heteroatoms. The van der Waals surface area contributed by atoms with Crippen LogP contribution in [-0.4, -0.2) is 11.0 Å². The number of aliphatic hydroxyl groups is 1. The summed E-state index contributed by atoms with van der Waals surface area (Å²) in [4.78, 5) is 13.0. The molecule has 0 aliphatic carbocycles. The van der Waals surface area contributed by atoms with E-state index in [2.05, 4.69) is 12.2 Å². The molecule has 3 aromatic rings. The number of carbonyl (C=O) groups excluding carboxylic acids is 1. The van der Waals surface area contributed by atoms with Gasteiger partial charge in [-0.2, -0.15) is 0 Å². The Balaban J connectivity index is 1.98. The van der Waals surface area contributed by atoms with E-state index in [0.717, 1.165) is 6.42 Å². The van der Waals surface area contributed by atoms with Crippen molar-refractivity contribution in [2.24, 2.45) is 0 Å².